The Kier molecular flexibility index (Phi) is 5.08. The molecule has 0 aliphatic heterocycles. The first kappa shape index (κ1) is 20.1. The molecule has 1 fully saturated rings. The Hall–Kier alpha value is -3.18. The van der Waals surface area contributed by atoms with Crippen molar-refractivity contribution in [1.82, 2.24) is 15.0 Å². The number of hydrogen-bond donors (Lipinski definition) is 1. The third-order valence-corrected chi connectivity index (χ3v) is 6.20. The highest BCUT2D eigenvalue weighted by molar-refractivity contribution is 7.85. The summed E-state index contributed by atoms with van der Waals surface area (Å²) in [5, 5.41) is 8.14. The summed E-state index contributed by atoms with van der Waals surface area (Å²) in [5.41, 5.74) is 0.392. The Balaban J connectivity index is 1.56. The molecular weight excluding hydrogens is 418 g/mol. The lowest BCUT2D eigenvalue weighted by Gasteiger charge is -2.07. The average molecular weight is 435 g/mol. The molecule has 0 spiro atoms. The van der Waals surface area contributed by atoms with Crippen LogP contribution in [0.4, 0.5) is 14.5 Å². The summed E-state index contributed by atoms with van der Waals surface area (Å²) in [6, 6.07) is 7.02. The molecule has 0 atom stereocenters. The van der Waals surface area contributed by atoms with E-state index in [9.17, 15) is 22.0 Å². The smallest absolute Gasteiger partial charge is 0.340 e. The first-order valence-corrected chi connectivity index (χ1v) is 10.5. The number of sulfonamides is 1. The number of nitrogens with two attached hydrogens (primary N) is 1. The Labute approximate surface area is 170 Å². The molecule has 3 aromatic rings. The number of halogens is 2. The number of nitrogens with zero attached hydrogens (tertiary/aromatic N) is 3. The van der Waals surface area contributed by atoms with E-state index in [2.05, 4.69) is 15.0 Å². The monoisotopic (exact) mass is 435 g/mol. The van der Waals surface area contributed by atoms with E-state index in [4.69, 9.17) is 0 Å². The topological polar surface area (TPSA) is 108 Å². The van der Waals surface area contributed by atoms with E-state index in [1.54, 1.807) is 23.0 Å². The molecule has 1 aromatic heterocycles. The molecule has 2 N–H and O–H groups in total. The van der Waals surface area contributed by atoms with Crippen LogP contribution < -0.4 is 4.72 Å². The maximum absolute atomic E-state index is 14.2. The third kappa shape index (κ3) is 3.94. The number of esters is 1. The van der Waals surface area contributed by atoms with Gasteiger partial charge in [-0.3, -0.25) is 0 Å². The molecule has 0 saturated heterocycles. The van der Waals surface area contributed by atoms with Crippen LogP contribution in [0.3, 0.4) is 0 Å². The standard InChI is InChI=1S/C19H16F2N4O4S/c1-29-19(26)14-8-16(21)17(9-15(14)20)23-30(27,28)13-6-4-12(5-7-13)25-10-18(22-24-25)11-2-3-11/h4-11,23H,2-3H2,1H3/p+1. The number of benzene rings is 2. The van der Waals surface area contributed by atoms with Crippen molar-refractivity contribution in [2.45, 2.75) is 23.7 Å². The highest BCUT2D eigenvalue weighted by Gasteiger charge is 2.27. The van der Waals surface area contributed by atoms with Crippen LogP contribution in [0.25, 0.3) is 5.69 Å². The predicted molar refractivity (Wildman–Crippen MR) is 99.8 cm³/mol. The number of quaternary nitrogens is 1. The number of hydrogen-bond acceptors (Lipinski definition) is 6. The minimum Gasteiger partial charge on any atom is -0.465 e. The van der Waals surface area contributed by atoms with E-state index in [1.807, 2.05) is 0 Å². The first-order valence-electron chi connectivity index (χ1n) is 8.98. The number of ether oxygens (including phenoxy) is 1. The fourth-order valence-corrected chi connectivity index (χ4v) is 4.08. The Bertz CT molecular complexity index is 1220. The van der Waals surface area contributed by atoms with Gasteiger partial charge in [0.15, 0.2) is 11.5 Å². The summed E-state index contributed by atoms with van der Waals surface area (Å²) < 4.78 is 60.1. The lowest BCUT2D eigenvalue weighted by molar-refractivity contribution is -0.400. The zero-order valence-corrected chi connectivity index (χ0v) is 16.6. The van der Waals surface area contributed by atoms with Crippen molar-refractivity contribution in [3.8, 4) is 5.69 Å². The molecule has 0 radical (unpaired) electrons. The second-order valence-electron chi connectivity index (χ2n) is 6.86. The molecule has 4 rings (SSSR count). The molecule has 156 valence electrons. The molecule has 0 amide bonds. The number of primary sulfonamides is 1. The Morgan fingerprint density at radius 2 is 1.87 bits per heavy atom. The Morgan fingerprint density at radius 3 is 2.50 bits per heavy atom. The van der Waals surface area contributed by atoms with Crippen LogP contribution >= 0.6 is 0 Å². The van der Waals surface area contributed by atoms with Crippen LogP contribution in [-0.2, 0) is 14.8 Å². The fourth-order valence-electron chi connectivity index (χ4n) is 2.91. The van der Waals surface area contributed by atoms with Crippen molar-refractivity contribution in [3.63, 3.8) is 0 Å². The largest absolute Gasteiger partial charge is 0.465 e. The quantitative estimate of drug-likeness (QED) is 0.467. The van der Waals surface area contributed by atoms with E-state index in [0.717, 1.165) is 25.6 Å². The van der Waals surface area contributed by atoms with Crippen molar-refractivity contribution in [2.75, 3.05) is 7.11 Å². The summed E-state index contributed by atoms with van der Waals surface area (Å²) in [6.07, 6.45) is 3.97. The number of carbonyl (C=O) groups excluding carboxylic acids is 1. The van der Waals surface area contributed by atoms with Gasteiger partial charge in [0.2, 0.25) is 0 Å². The van der Waals surface area contributed by atoms with Gasteiger partial charge < -0.3 is 4.74 Å². The van der Waals surface area contributed by atoms with E-state index < -0.39 is 38.9 Å². The van der Waals surface area contributed by atoms with Crippen LogP contribution in [0, 0.1) is 11.6 Å². The molecule has 1 aliphatic carbocycles. The second-order valence-corrected chi connectivity index (χ2v) is 8.66. The van der Waals surface area contributed by atoms with Crippen molar-refractivity contribution in [3.05, 3.63) is 65.5 Å². The average Bonchev–Trinajstić information content (AvgIpc) is 3.46. The molecule has 0 unspecified atom stereocenters. The highest BCUT2D eigenvalue weighted by atomic mass is 32.2. The van der Waals surface area contributed by atoms with Gasteiger partial charge in [-0.25, -0.2) is 23.0 Å². The highest BCUT2D eigenvalue weighted by Crippen LogP contribution is 2.38. The molecule has 0 bridgehead atoms. The molecule has 1 aliphatic rings. The molecular formula is C19H17F2N4O4S+. The minimum atomic E-state index is -4.08. The molecule has 1 heterocycles. The maximum atomic E-state index is 14.2. The lowest BCUT2D eigenvalue weighted by Crippen LogP contribution is -2.81. The number of carbonyl (C=O) groups is 1. The van der Waals surface area contributed by atoms with Gasteiger partial charge in [0, 0.05) is 12.0 Å². The van der Waals surface area contributed by atoms with Crippen LogP contribution in [0.1, 0.15) is 34.8 Å². The van der Waals surface area contributed by atoms with E-state index >= 15 is 0 Å². The van der Waals surface area contributed by atoms with Crippen molar-refractivity contribution >= 4 is 21.7 Å². The predicted octanol–water partition coefficient (Wildman–Crippen LogP) is 1.79. The van der Waals surface area contributed by atoms with Crippen LogP contribution in [0.5, 0.6) is 0 Å². The van der Waals surface area contributed by atoms with Gasteiger partial charge in [-0.05, 0) is 43.2 Å². The van der Waals surface area contributed by atoms with Crippen molar-refractivity contribution in [1.29, 1.82) is 0 Å². The van der Waals surface area contributed by atoms with Crippen LogP contribution in [0.15, 0.2) is 47.5 Å². The van der Waals surface area contributed by atoms with Crippen LogP contribution in [-0.4, -0.2) is 36.5 Å². The summed E-state index contributed by atoms with van der Waals surface area (Å²) in [4.78, 5) is 11.3. The van der Waals surface area contributed by atoms with Gasteiger partial charge in [0.05, 0.1) is 30.3 Å². The zero-order chi connectivity index (χ0) is 21.5. The maximum Gasteiger partial charge on any atom is 0.340 e. The molecule has 11 heteroatoms. The van der Waals surface area contributed by atoms with Gasteiger partial charge in [-0.1, -0.05) is 5.21 Å². The normalized spacial score (nSPS) is 14.0. The van der Waals surface area contributed by atoms with E-state index in [-0.39, 0.29) is 4.90 Å². The zero-order valence-electron chi connectivity index (χ0n) is 15.7. The van der Waals surface area contributed by atoms with Crippen molar-refractivity contribution < 1.29 is 31.5 Å². The third-order valence-electron chi connectivity index (χ3n) is 4.71. The molecule has 8 nitrogen and oxygen atoms in total. The SMILES string of the molecule is COC(=O)c1cc(F)c([NH2+]S(=O)(=O)c2ccc(-n3cc(C4CC4)nn3)cc2)cc1F. The fraction of sp³-hybridized carbons (Fsp3) is 0.211. The van der Waals surface area contributed by atoms with Gasteiger partial charge >= 0.3 is 16.0 Å². The Morgan fingerprint density at radius 1 is 1.17 bits per heavy atom. The number of methoxy groups -OCH3 is 1. The summed E-state index contributed by atoms with van der Waals surface area (Å²) in [6.45, 7) is 0. The number of aromatic nitrogens is 3. The van der Waals surface area contributed by atoms with Crippen LogP contribution in [0.2, 0.25) is 0 Å². The lowest BCUT2D eigenvalue weighted by atomic mass is 10.2. The summed E-state index contributed by atoms with van der Waals surface area (Å²) in [5.74, 6) is -2.77. The molecule has 1 saturated carbocycles. The van der Waals surface area contributed by atoms with Gasteiger partial charge in [-0.2, -0.15) is 8.42 Å². The molecule has 30 heavy (non-hydrogen) atoms. The van der Waals surface area contributed by atoms with Gasteiger partial charge in [0.25, 0.3) is 0 Å². The minimum absolute atomic E-state index is 0.106. The van der Waals surface area contributed by atoms with Crippen molar-refractivity contribution in [2.24, 2.45) is 0 Å². The summed E-state index contributed by atoms with van der Waals surface area (Å²) >= 11 is 0. The van der Waals surface area contributed by atoms with Gasteiger partial charge in [-0.15, -0.1) is 5.10 Å². The first-order chi connectivity index (χ1) is 14.3. The summed E-state index contributed by atoms with van der Waals surface area (Å²) in [7, 11) is -3.05. The van der Waals surface area contributed by atoms with E-state index in [0.29, 0.717) is 28.5 Å². The second kappa shape index (κ2) is 7.58. The number of rotatable bonds is 6. The van der Waals surface area contributed by atoms with Gasteiger partial charge in [0.1, 0.15) is 10.7 Å². The van der Waals surface area contributed by atoms with E-state index in [1.165, 1.54) is 12.1 Å². The molecule has 2 aromatic carbocycles.